The largest absolute Gasteiger partial charge is 0.484 e. The van der Waals surface area contributed by atoms with E-state index in [1.54, 1.807) is 42.5 Å². The first kappa shape index (κ1) is 26.7. The fraction of sp³-hybridized carbons (Fsp3) is 0.160. The summed E-state index contributed by atoms with van der Waals surface area (Å²) in [6.45, 7) is 1.35. The Bertz CT molecular complexity index is 1340. The van der Waals surface area contributed by atoms with Crippen molar-refractivity contribution < 1.29 is 22.7 Å². The summed E-state index contributed by atoms with van der Waals surface area (Å²) in [4.78, 5) is 24.3. The van der Waals surface area contributed by atoms with Gasteiger partial charge in [-0.3, -0.25) is 13.9 Å². The van der Waals surface area contributed by atoms with Gasteiger partial charge >= 0.3 is 0 Å². The second kappa shape index (κ2) is 12.2. The van der Waals surface area contributed by atoms with E-state index in [9.17, 15) is 18.0 Å². The van der Waals surface area contributed by atoms with Gasteiger partial charge < -0.3 is 10.1 Å². The molecule has 9 nitrogen and oxygen atoms in total. The summed E-state index contributed by atoms with van der Waals surface area (Å²) in [5.74, 6) is -0.426. The molecule has 11 heteroatoms. The number of hydrogen-bond acceptors (Lipinski definition) is 6. The van der Waals surface area contributed by atoms with Gasteiger partial charge in [0.2, 0.25) is 10.0 Å². The number of benzene rings is 3. The number of carbonyl (C=O) groups excluding carboxylic acids is 2. The molecule has 0 radical (unpaired) electrons. The number of sulfonamides is 1. The fourth-order valence-electron chi connectivity index (χ4n) is 3.01. The van der Waals surface area contributed by atoms with Gasteiger partial charge in [0.1, 0.15) is 12.3 Å². The summed E-state index contributed by atoms with van der Waals surface area (Å²) in [6.07, 6.45) is 2.40. The van der Waals surface area contributed by atoms with Crippen molar-refractivity contribution in [3.8, 4) is 5.75 Å². The highest BCUT2D eigenvalue weighted by Crippen LogP contribution is 2.21. The number of anilines is 2. The molecule has 2 N–H and O–H groups in total. The SMILES string of the molecule is Cc1ccc(NC(=O)COc2ccc(/C=N/NC(=O)CN(c3cccc(Cl)c3)S(C)(=O)=O)cc2)cc1. The lowest BCUT2D eigenvalue weighted by atomic mass is 10.2. The van der Waals surface area contributed by atoms with Crippen LogP contribution >= 0.6 is 11.6 Å². The first-order valence-corrected chi connectivity index (χ1v) is 13.0. The van der Waals surface area contributed by atoms with Crippen LogP contribution in [0.1, 0.15) is 11.1 Å². The van der Waals surface area contributed by atoms with Gasteiger partial charge in [0, 0.05) is 10.7 Å². The number of aryl methyl sites for hydroxylation is 1. The Morgan fingerprint density at radius 3 is 2.36 bits per heavy atom. The van der Waals surface area contributed by atoms with Crippen molar-refractivity contribution in [1.82, 2.24) is 5.43 Å². The minimum absolute atomic E-state index is 0.152. The quantitative estimate of drug-likeness (QED) is 0.308. The molecule has 0 aliphatic heterocycles. The molecule has 0 unspecified atom stereocenters. The number of nitrogens with zero attached hydrogens (tertiary/aromatic N) is 2. The number of carbonyl (C=O) groups is 2. The molecule has 3 aromatic rings. The highest BCUT2D eigenvalue weighted by Gasteiger charge is 2.20. The molecule has 0 aromatic heterocycles. The molecular formula is C25H25ClN4O5S. The lowest BCUT2D eigenvalue weighted by molar-refractivity contribution is -0.119. The van der Waals surface area contributed by atoms with Gasteiger partial charge in [-0.2, -0.15) is 5.10 Å². The van der Waals surface area contributed by atoms with Crippen LogP contribution in [0.15, 0.2) is 77.9 Å². The molecule has 36 heavy (non-hydrogen) atoms. The van der Waals surface area contributed by atoms with Gasteiger partial charge in [-0.15, -0.1) is 0 Å². The molecule has 0 aliphatic carbocycles. The monoisotopic (exact) mass is 528 g/mol. The van der Waals surface area contributed by atoms with Crippen LogP contribution in [-0.2, 0) is 19.6 Å². The van der Waals surface area contributed by atoms with Crippen LogP contribution in [0, 0.1) is 6.92 Å². The maximum absolute atomic E-state index is 12.3. The Labute approximate surface area is 214 Å². The van der Waals surface area contributed by atoms with Gasteiger partial charge in [0.15, 0.2) is 6.61 Å². The second-order valence-electron chi connectivity index (χ2n) is 7.81. The van der Waals surface area contributed by atoms with Crippen LogP contribution in [0.3, 0.4) is 0 Å². The Kier molecular flexibility index (Phi) is 9.04. The van der Waals surface area contributed by atoms with Crippen LogP contribution in [0.5, 0.6) is 5.75 Å². The van der Waals surface area contributed by atoms with Crippen molar-refractivity contribution in [3.05, 3.63) is 88.9 Å². The molecule has 2 amide bonds. The third-order valence-corrected chi connectivity index (χ3v) is 6.15. The molecule has 0 spiro atoms. The number of amides is 2. The topological polar surface area (TPSA) is 117 Å². The van der Waals surface area contributed by atoms with E-state index in [2.05, 4.69) is 15.8 Å². The molecule has 0 saturated carbocycles. The third kappa shape index (κ3) is 8.40. The number of ether oxygens (including phenoxy) is 1. The van der Waals surface area contributed by atoms with E-state index < -0.39 is 22.5 Å². The molecule has 0 heterocycles. The standard InChI is InChI=1S/C25H25ClN4O5S/c1-18-6-10-21(11-7-18)28-25(32)17-35-23-12-8-19(9-13-23)15-27-29-24(31)16-30(36(2,33)34)22-5-3-4-20(26)14-22/h3-15H,16-17H2,1-2H3,(H,28,32)(H,29,31)/b27-15+. The number of halogens is 1. The Morgan fingerprint density at radius 1 is 1.03 bits per heavy atom. The molecule has 0 fully saturated rings. The molecule has 3 aromatic carbocycles. The smallest absolute Gasteiger partial charge is 0.262 e. The summed E-state index contributed by atoms with van der Waals surface area (Å²) >= 11 is 5.94. The van der Waals surface area contributed by atoms with E-state index in [0.717, 1.165) is 16.1 Å². The van der Waals surface area contributed by atoms with E-state index in [4.69, 9.17) is 16.3 Å². The van der Waals surface area contributed by atoms with Crippen LogP contribution in [0.25, 0.3) is 0 Å². The van der Waals surface area contributed by atoms with Gasteiger partial charge in [0.25, 0.3) is 11.8 Å². The van der Waals surface area contributed by atoms with Crippen LogP contribution in [0.2, 0.25) is 5.02 Å². The Morgan fingerprint density at radius 2 is 1.72 bits per heavy atom. The maximum Gasteiger partial charge on any atom is 0.262 e. The predicted molar refractivity (Wildman–Crippen MR) is 141 cm³/mol. The van der Waals surface area contributed by atoms with Crippen molar-refractivity contribution in [2.24, 2.45) is 5.10 Å². The van der Waals surface area contributed by atoms with Gasteiger partial charge in [0.05, 0.1) is 18.2 Å². The number of hydrogen-bond donors (Lipinski definition) is 2. The molecule has 188 valence electrons. The van der Waals surface area contributed by atoms with E-state index in [1.165, 1.54) is 12.3 Å². The zero-order valence-electron chi connectivity index (χ0n) is 19.6. The summed E-state index contributed by atoms with van der Waals surface area (Å²) < 4.78 is 30.7. The zero-order chi connectivity index (χ0) is 26.1. The maximum atomic E-state index is 12.3. The second-order valence-corrected chi connectivity index (χ2v) is 10.2. The predicted octanol–water partition coefficient (Wildman–Crippen LogP) is 3.58. The first-order chi connectivity index (χ1) is 17.1. The van der Waals surface area contributed by atoms with Crippen LogP contribution in [0.4, 0.5) is 11.4 Å². The molecule has 0 aliphatic rings. The van der Waals surface area contributed by atoms with Crippen LogP contribution in [-0.4, -0.2) is 45.9 Å². The van der Waals surface area contributed by atoms with Crippen molar-refractivity contribution in [2.75, 3.05) is 29.0 Å². The van der Waals surface area contributed by atoms with Gasteiger partial charge in [-0.25, -0.2) is 13.8 Å². The van der Waals surface area contributed by atoms with E-state index in [1.807, 2.05) is 31.2 Å². The minimum atomic E-state index is -3.72. The normalized spacial score (nSPS) is 11.2. The summed E-state index contributed by atoms with van der Waals surface area (Å²) in [6, 6.07) is 20.3. The molecule has 0 saturated heterocycles. The summed E-state index contributed by atoms with van der Waals surface area (Å²) in [5.41, 5.74) is 5.02. The van der Waals surface area contributed by atoms with E-state index in [-0.39, 0.29) is 18.2 Å². The molecule has 3 rings (SSSR count). The Balaban J connectivity index is 1.49. The lowest BCUT2D eigenvalue weighted by Crippen LogP contribution is -2.39. The summed E-state index contributed by atoms with van der Waals surface area (Å²) in [5, 5.41) is 6.97. The number of hydrazone groups is 1. The Hall–Kier alpha value is -3.89. The number of rotatable bonds is 10. The number of nitrogens with one attached hydrogen (secondary N) is 2. The molecule has 0 bridgehead atoms. The van der Waals surface area contributed by atoms with Crippen molar-refractivity contribution in [2.45, 2.75) is 6.92 Å². The highest BCUT2D eigenvalue weighted by atomic mass is 35.5. The lowest BCUT2D eigenvalue weighted by Gasteiger charge is -2.21. The third-order valence-electron chi connectivity index (χ3n) is 4.77. The van der Waals surface area contributed by atoms with Crippen LogP contribution < -0.4 is 19.8 Å². The zero-order valence-corrected chi connectivity index (χ0v) is 21.2. The average molecular weight is 529 g/mol. The van der Waals surface area contributed by atoms with Gasteiger partial charge in [-0.1, -0.05) is 35.4 Å². The average Bonchev–Trinajstić information content (AvgIpc) is 2.83. The van der Waals surface area contributed by atoms with Crippen molar-refractivity contribution in [1.29, 1.82) is 0 Å². The van der Waals surface area contributed by atoms with Crippen molar-refractivity contribution in [3.63, 3.8) is 0 Å². The molecule has 0 atom stereocenters. The van der Waals surface area contributed by atoms with Gasteiger partial charge in [-0.05, 0) is 67.1 Å². The van der Waals surface area contributed by atoms with Crippen molar-refractivity contribution >= 4 is 51.0 Å². The highest BCUT2D eigenvalue weighted by molar-refractivity contribution is 7.92. The van der Waals surface area contributed by atoms with E-state index >= 15 is 0 Å². The molecular weight excluding hydrogens is 504 g/mol. The van der Waals surface area contributed by atoms with E-state index in [0.29, 0.717) is 22.0 Å². The summed E-state index contributed by atoms with van der Waals surface area (Å²) in [7, 11) is -3.72. The minimum Gasteiger partial charge on any atom is -0.484 e. The first-order valence-electron chi connectivity index (χ1n) is 10.7. The fourth-order valence-corrected chi connectivity index (χ4v) is 4.04.